The molecule has 0 unspecified atom stereocenters. The minimum atomic E-state index is 0. The van der Waals surface area contributed by atoms with Crippen molar-refractivity contribution in [3.8, 4) is 0 Å². The Kier molecular flexibility index (Phi) is 215. The first-order chi connectivity index (χ1) is 0. The maximum absolute atomic E-state index is 0. The summed E-state index contributed by atoms with van der Waals surface area (Å²) in [6, 6.07) is 0. The van der Waals surface area contributed by atoms with Crippen molar-refractivity contribution in [1.29, 1.82) is 0 Å². The van der Waals surface area contributed by atoms with Crippen LogP contribution < -0.4 is 0 Å². The summed E-state index contributed by atoms with van der Waals surface area (Å²) in [5.74, 6) is 0. The van der Waals surface area contributed by atoms with Gasteiger partial charge in [0, 0.05) is 35.6 Å². The SMILES string of the molecule is [H-].[H-].[La].[O-2].[O-2].[Sr+2].[Ti+4]. The van der Waals surface area contributed by atoms with Crippen LogP contribution in [0.2, 0.25) is 0 Å². The van der Waals surface area contributed by atoms with Crippen molar-refractivity contribution in [2.75, 3.05) is 0 Å². The topological polar surface area (TPSA) is 57.0 Å². The normalized spacial score (nSPS) is 0. The third-order valence-electron chi connectivity index (χ3n) is 0. The van der Waals surface area contributed by atoms with Crippen LogP contribution in [0.15, 0.2) is 0 Å². The van der Waals surface area contributed by atoms with Crippen molar-refractivity contribution in [1.82, 2.24) is 0 Å². The van der Waals surface area contributed by atoms with E-state index in [9.17, 15) is 0 Å². The van der Waals surface area contributed by atoms with Gasteiger partial charge in [0.25, 0.3) is 0 Å². The molecule has 0 rings (SSSR count). The molecule has 0 N–H and O–H groups in total. The predicted molar refractivity (Wildman–Crippen MR) is 9.35 cm³/mol. The monoisotopic (exact) mass is 309 g/mol. The fourth-order valence-electron chi connectivity index (χ4n) is 0. The minimum absolute atomic E-state index is 0. The maximum atomic E-state index is 0. The second-order valence-electron chi connectivity index (χ2n) is 0. The first-order valence-electron chi connectivity index (χ1n) is 0. The molecule has 0 aromatic heterocycles. The first kappa shape index (κ1) is 40.5. The summed E-state index contributed by atoms with van der Waals surface area (Å²) in [5.41, 5.74) is 0. The van der Waals surface area contributed by atoms with Crippen LogP contribution in [-0.2, 0) is 32.7 Å². The van der Waals surface area contributed by atoms with E-state index < -0.39 is 0 Å². The molecule has 1 radical (unpaired) electrons. The molecule has 0 saturated heterocycles. The zero-order valence-electron chi connectivity index (χ0n) is 4.60. The van der Waals surface area contributed by atoms with E-state index in [1.807, 2.05) is 0 Å². The molecule has 23 valence electrons. The Labute approximate surface area is 114 Å². The van der Waals surface area contributed by atoms with Crippen molar-refractivity contribution in [3.63, 3.8) is 0 Å². The van der Waals surface area contributed by atoms with Gasteiger partial charge in [-0.2, -0.15) is 0 Å². The Morgan fingerprint density at radius 2 is 1.00 bits per heavy atom. The van der Waals surface area contributed by atoms with Gasteiger partial charge in [-0.05, 0) is 0 Å². The van der Waals surface area contributed by atoms with Crippen molar-refractivity contribution < 1.29 is 71.1 Å². The Morgan fingerprint density at radius 3 is 1.00 bits per heavy atom. The van der Waals surface area contributed by atoms with E-state index >= 15 is 0 Å². The van der Waals surface area contributed by atoms with Crippen LogP contribution in [0.3, 0.4) is 0 Å². The summed E-state index contributed by atoms with van der Waals surface area (Å²) in [7, 11) is 0. The van der Waals surface area contributed by atoms with E-state index in [0.717, 1.165) is 0 Å². The van der Waals surface area contributed by atoms with Crippen LogP contribution in [0.25, 0.3) is 0 Å². The molecule has 2 nitrogen and oxygen atoms in total. The van der Waals surface area contributed by atoms with Gasteiger partial charge in [-0.15, -0.1) is 0 Å². The van der Waals surface area contributed by atoms with Gasteiger partial charge in [-0.1, -0.05) is 0 Å². The predicted octanol–water partition coefficient (Wildman–Crippen LogP) is -0.396. The fraction of sp³-hybridized carbons (Fsp3) is 0. The van der Waals surface area contributed by atoms with Gasteiger partial charge in [0.15, 0.2) is 0 Å². The fourth-order valence-corrected chi connectivity index (χ4v) is 0. The van der Waals surface area contributed by atoms with E-state index in [1.54, 1.807) is 0 Å². The first-order valence-corrected chi connectivity index (χ1v) is 0. The molecule has 0 fully saturated rings. The molecule has 0 aliphatic rings. The van der Waals surface area contributed by atoms with Gasteiger partial charge in [0.1, 0.15) is 0 Å². The molecule has 0 aromatic carbocycles. The number of hydrogen-bond donors (Lipinski definition) is 0. The van der Waals surface area contributed by atoms with Crippen LogP contribution in [0, 0.1) is 35.6 Å². The van der Waals surface area contributed by atoms with E-state index in [0.29, 0.717) is 0 Å². The molecule has 5 heavy (non-hydrogen) atoms. The van der Waals surface area contributed by atoms with Crippen molar-refractivity contribution in [2.45, 2.75) is 0 Å². The largest absolute Gasteiger partial charge is 4.00 e. The molecule has 0 heterocycles. The summed E-state index contributed by atoms with van der Waals surface area (Å²) in [6.07, 6.45) is 0. The molecular formula is H2LaO2SrTi. The smallest absolute Gasteiger partial charge is 2.00 e. The van der Waals surface area contributed by atoms with Gasteiger partial charge >= 0.3 is 67.2 Å². The zero-order chi connectivity index (χ0) is 0. The summed E-state index contributed by atoms with van der Waals surface area (Å²) in [4.78, 5) is 0. The number of hydrogen-bond acceptors (Lipinski definition) is 0. The molecule has 0 atom stereocenters. The Morgan fingerprint density at radius 1 is 1.00 bits per heavy atom. The summed E-state index contributed by atoms with van der Waals surface area (Å²) in [6.45, 7) is 0. The van der Waals surface area contributed by atoms with Gasteiger partial charge in [-0.3, -0.25) is 0 Å². The second kappa shape index (κ2) is 26.6. The molecule has 0 aliphatic carbocycles. The Balaban J connectivity index is 0. The summed E-state index contributed by atoms with van der Waals surface area (Å²) >= 11 is 0. The van der Waals surface area contributed by atoms with Gasteiger partial charge < -0.3 is 13.8 Å². The van der Waals surface area contributed by atoms with Gasteiger partial charge in [0.2, 0.25) is 0 Å². The van der Waals surface area contributed by atoms with Crippen molar-refractivity contribution in [3.05, 3.63) is 0 Å². The zero-order valence-corrected chi connectivity index (χ0v) is 11.3. The van der Waals surface area contributed by atoms with Crippen molar-refractivity contribution in [2.24, 2.45) is 0 Å². The van der Waals surface area contributed by atoms with Crippen LogP contribution >= 0.6 is 0 Å². The van der Waals surface area contributed by atoms with E-state index in [2.05, 4.69) is 0 Å². The average molecular weight is 308 g/mol. The van der Waals surface area contributed by atoms with Gasteiger partial charge in [0.05, 0.1) is 0 Å². The van der Waals surface area contributed by atoms with Crippen molar-refractivity contribution >= 4 is 45.5 Å². The molecule has 0 amide bonds. The standard InChI is InChI=1S/La.2O.Sr.Ti.2H/q;2*-2;+2;+4;2*-1. The molecule has 0 spiro atoms. The molecule has 0 aromatic rings. The van der Waals surface area contributed by atoms with E-state index in [1.165, 1.54) is 0 Å². The number of rotatable bonds is 0. The van der Waals surface area contributed by atoms with E-state index in [-0.39, 0.29) is 117 Å². The molecule has 0 aliphatic heterocycles. The summed E-state index contributed by atoms with van der Waals surface area (Å²) in [5, 5.41) is 0. The molecule has 0 bridgehead atoms. The molecular weight excluding hydrogens is 306 g/mol. The third-order valence-corrected chi connectivity index (χ3v) is 0. The van der Waals surface area contributed by atoms with Gasteiger partial charge in [-0.25, -0.2) is 0 Å². The van der Waals surface area contributed by atoms with Crippen LogP contribution in [0.5, 0.6) is 0 Å². The van der Waals surface area contributed by atoms with Crippen LogP contribution in [0.1, 0.15) is 2.85 Å². The van der Waals surface area contributed by atoms with Crippen LogP contribution in [0.4, 0.5) is 0 Å². The summed E-state index contributed by atoms with van der Waals surface area (Å²) < 4.78 is 0. The van der Waals surface area contributed by atoms with Crippen LogP contribution in [-0.4, -0.2) is 45.5 Å². The maximum Gasteiger partial charge on any atom is 4.00 e. The third kappa shape index (κ3) is 18.8. The minimum Gasteiger partial charge on any atom is -2.00 e. The second-order valence-corrected chi connectivity index (χ2v) is 0. The average Bonchev–Trinajstić information content (AvgIpc) is 0. The Bertz CT molecular complexity index is 15.7. The quantitative estimate of drug-likeness (QED) is 0.547. The van der Waals surface area contributed by atoms with E-state index in [4.69, 9.17) is 0 Å². The molecule has 5 heteroatoms. The molecule has 0 saturated carbocycles. The Hall–Kier alpha value is 3.31.